The lowest BCUT2D eigenvalue weighted by atomic mass is 10.6. The molecule has 0 aromatic heterocycles. The molecule has 4 nitrogen and oxygen atoms in total. The molecule has 0 bridgehead atoms. The van der Waals surface area contributed by atoms with Crippen LogP contribution in [0.3, 0.4) is 0 Å². The van der Waals surface area contributed by atoms with Crippen LogP contribution in [0.5, 0.6) is 0 Å². The standard InChI is InChI=1S/C4H8N2O2/c1-6-4(8-2)3(5)7/h1-2H3,(H2,5,7). The van der Waals surface area contributed by atoms with E-state index in [1.54, 1.807) is 0 Å². The number of hydrogen-bond donors (Lipinski definition) is 1. The maximum Gasteiger partial charge on any atom is 0.303 e. The Labute approximate surface area is 47.3 Å². The minimum absolute atomic E-state index is 0.0509. The van der Waals surface area contributed by atoms with E-state index in [4.69, 9.17) is 5.73 Å². The summed E-state index contributed by atoms with van der Waals surface area (Å²) < 4.78 is 4.44. The van der Waals surface area contributed by atoms with E-state index in [9.17, 15) is 4.79 Å². The van der Waals surface area contributed by atoms with Crippen LogP contribution in [0.2, 0.25) is 0 Å². The summed E-state index contributed by atoms with van der Waals surface area (Å²) in [7, 11) is 2.77. The van der Waals surface area contributed by atoms with Crippen molar-refractivity contribution < 1.29 is 9.53 Å². The Morgan fingerprint density at radius 3 is 2.25 bits per heavy atom. The number of rotatable bonds is 0. The third-order valence-corrected chi connectivity index (χ3v) is 0.607. The fourth-order valence-electron chi connectivity index (χ4n) is 0.302. The van der Waals surface area contributed by atoms with E-state index in [-0.39, 0.29) is 5.90 Å². The average Bonchev–Trinajstić information content (AvgIpc) is 1.69. The number of hydrogen-bond acceptors (Lipinski definition) is 3. The Bertz CT molecular complexity index is 119. The summed E-state index contributed by atoms with van der Waals surface area (Å²) in [4.78, 5) is 13.6. The summed E-state index contributed by atoms with van der Waals surface area (Å²) in [6.45, 7) is 0. The molecule has 0 saturated heterocycles. The van der Waals surface area contributed by atoms with Gasteiger partial charge in [-0.25, -0.2) is 0 Å². The van der Waals surface area contributed by atoms with Crippen molar-refractivity contribution in [3.63, 3.8) is 0 Å². The van der Waals surface area contributed by atoms with Gasteiger partial charge >= 0.3 is 5.91 Å². The Morgan fingerprint density at radius 1 is 1.75 bits per heavy atom. The van der Waals surface area contributed by atoms with E-state index in [1.165, 1.54) is 14.2 Å². The smallest absolute Gasteiger partial charge is 0.303 e. The van der Waals surface area contributed by atoms with Crippen molar-refractivity contribution >= 4 is 11.8 Å². The molecule has 0 fully saturated rings. The Kier molecular flexibility index (Phi) is 2.61. The van der Waals surface area contributed by atoms with Gasteiger partial charge in [0.2, 0.25) is 0 Å². The average molecular weight is 116 g/mol. The first-order valence-corrected chi connectivity index (χ1v) is 2.03. The van der Waals surface area contributed by atoms with Gasteiger partial charge in [-0.1, -0.05) is 0 Å². The van der Waals surface area contributed by atoms with Crippen molar-refractivity contribution in [3.8, 4) is 0 Å². The van der Waals surface area contributed by atoms with Crippen LogP contribution >= 0.6 is 0 Å². The van der Waals surface area contributed by atoms with Gasteiger partial charge in [0, 0.05) is 7.05 Å². The highest BCUT2D eigenvalue weighted by molar-refractivity contribution is 6.34. The minimum atomic E-state index is -0.644. The van der Waals surface area contributed by atoms with Crippen molar-refractivity contribution in [1.29, 1.82) is 0 Å². The second-order valence-electron chi connectivity index (χ2n) is 1.10. The second kappa shape index (κ2) is 3.01. The van der Waals surface area contributed by atoms with E-state index >= 15 is 0 Å². The number of amides is 1. The summed E-state index contributed by atoms with van der Waals surface area (Å²) in [5.41, 5.74) is 4.76. The SMILES string of the molecule is CN=C(OC)C(N)=O. The van der Waals surface area contributed by atoms with Gasteiger partial charge < -0.3 is 10.5 Å². The summed E-state index contributed by atoms with van der Waals surface area (Å²) in [6, 6.07) is 0. The molecular formula is C4H8N2O2. The number of carbonyl (C=O) groups excluding carboxylic acids is 1. The van der Waals surface area contributed by atoms with E-state index in [1.807, 2.05) is 0 Å². The van der Waals surface area contributed by atoms with Crippen molar-refractivity contribution in [3.05, 3.63) is 0 Å². The summed E-state index contributed by atoms with van der Waals surface area (Å²) >= 11 is 0. The number of primary amides is 1. The summed E-state index contributed by atoms with van der Waals surface area (Å²) in [5.74, 6) is -0.694. The third kappa shape index (κ3) is 1.59. The quantitative estimate of drug-likeness (QED) is 0.331. The van der Waals surface area contributed by atoms with Crippen molar-refractivity contribution in [2.45, 2.75) is 0 Å². The van der Waals surface area contributed by atoms with Crippen LogP contribution < -0.4 is 5.73 Å². The van der Waals surface area contributed by atoms with Gasteiger partial charge in [-0.15, -0.1) is 0 Å². The van der Waals surface area contributed by atoms with E-state index in [0.29, 0.717) is 0 Å². The molecule has 0 aromatic carbocycles. The van der Waals surface area contributed by atoms with Crippen molar-refractivity contribution in [2.24, 2.45) is 10.7 Å². The Hall–Kier alpha value is -1.06. The molecule has 0 aromatic rings. The zero-order valence-corrected chi connectivity index (χ0v) is 4.84. The molecule has 0 atom stereocenters. The minimum Gasteiger partial charge on any atom is -0.477 e. The second-order valence-corrected chi connectivity index (χ2v) is 1.10. The van der Waals surface area contributed by atoms with Gasteiger partial charge in [0.15, 0.2) is 0 Å². The number of ether oxygens (including phenoxy) is 1. The zero-order valence-electron chi connectivity index (χ0n) is 4.84. The number of methoxy groups -OCH3 is 1. The van der Waals surface area contributed by atoms with Gasteiger partial charge in [0.25, 0.3) is 5.90 Å². The van der Waals surface area contributed by atoms with Crippen LogP contribution in [0.25, 0.3) is 0 Å². The lowest BCUT2D eigenvalue weighted by molar-refractivity contribution is -0.113. The highest BCUT2D eigenvalue weighted by Crippen LogP contribution is 1.73. The molecule has 0 unspecified atom stereocenters. The largest absolute Gasteiger partial charge is 0.477 e. The molecular weight excluding hydrogens is 108 g/mol. The molecule has 4 heteroatoms. The van der Waals surface area contributed by atoms with Gasteiger partial charge in [-0.3, -0.25) is 9.79 Å². The zero-order chi connectivity index (χ0) is 6.57. The first-order valence-electron chi connectivity index (χ1n) is 2.03. The number of nitrogens with zero attached hydrogens (tertiary/aromatic N) is 1. The molecule has 0 spiro atoms. The highest BCUT2D eigenvalue weighted by atomic mass is 16.5. The molecule has 0 aliphatic carbocycles. The molecule has 0 rings (SSSR count). The molecule has 0 heterocycles. The molecule has 0 radical (unpaired) electrons. The molecule has 0 saturated carbocycles. The number of nitrogens with two attached hydrogens (primary N) is 1. The normalized spacial score (nSPS) is 11.0. The summed E-state index contributed by atoms with van der Waals surface area (Å²) in [6.07, 6.45) is 0. The molecule has 8 heavy (non-hydrogen) atoms. The van der Waals surface area contributed by atoms with Crippen molar-refractivity contribution in [1.82, 2.24) is 0 Å². The molecule has 1 amide bonds. The maximum absolute atomic E-state index is 10.1. The lowest BCUT2D eigenvalue weighted by Gasteiger charge is -1.94. The van der Waals surface area contributed by atoms with Crippen LogP contribution in [0.15, 0.2) is 4.99 Å². The topological polar surface area (TPSA) is 64.7 Å². The van der Waals surface area contributed by atoms with Crippen molar-refractivity contribution in [2.75, 3.05) is 14.2 Å². The van der Waals surface area contributed by atoms with Gasteiger partial charge in [-0.2, -0.15) is 0 Å². The molecule has 0 aliphatic rings. The highest BCUT2D eigenvalue weighted by Gasteiger charge is 2.01. The number of aliphatic imine (C=N–C) groups is 1. The van der Waals surface area contributed by atoms with Gasteiger partial charge in [0.1, 0.15) is 0 Å². The van der Waals surface area contributed by atoms with Crippen LogP contribution in [0, 0.1) is 0 Å². The summed E-state index contributed by atoms with van der Waals surface area (Å²) in [5, 5.41) is 0. The third-order valence-electron chi connectivity index (χ3n) is 0.607. The fraction of sp³-hybridized carbons (Fsp3) is 0.500. The molecule has 46 valence electrons. The van der Waals surface area contributed by atoms with Gasteiger partial charge in [0.05, 0.1) is 7.11 Å². The molecule has 2 N–H and O–H groups in total. The fourth-order valence-corrected chi connectivity index (χ4v) is 0.302. The predicted octanol–water partition coefficient (Wildman–Crippen LogP) is -0.854. The molecule has 0 aliphatic heterocycles. The maximum atomic E-state index is 10.1. The Balaban J connectivity index is 3.92. The first kappa shape index (κ1) is 6.94. The number of carbonyl (C=O) groups is 1. The van der Waals surface area contributed by atoms with E-state index in [2.05, 4.69) is 9.73 Å². The van der Waals surface area contributed by atoms with Crippen LogP contribution in [-0.4, -0.2) is 26.0 Å². The monoisotopic (exact) mass is 116 g/mol. The van der Waals surface area contributed by atoms with Crippen LogP contribution in [-0.2, 0) is 9.53 Å². The van der Waals surface area contributed by atoms with Gasteiger partial charge in [-0.05, 0) is 0 Å². The van der Waals surface area contributed by atoms with Crippen LogP contribution in [0.1, 0.15) is 0 Å². The first-order chi connectivity index (χ1) is 3.72. The van der Waals surface area contributed by atoms with E-state index < -0.39 is 5.91 Å². The van der Waals surface area contributed by atoms with Crippen LogP contribution in [0.4, 0.5) is 0 Å². The van der Waals surface area contributed by atoms with E-state index in [0.717, 1.165) is 0 Å². The Morgan fingerprint density at radius 2 is 2.25 bits per heavy atom. The lowest BCUT2D eigenvalue weighted by Crippen LogP contribution is -2.24. The predicted molar refractivity (Wildman–Crippen MR) is 29.6 cm³/mol.